The quantitative estimate of drug-likeness (QED) is 0.0349. The normalized spacial score (nSPS) is 12.2. The largest absolute Gasteiger partial charge is 0.490 e. The minimum Gasteiger partial charge on any atom is -0.490 e. The van der Waals surface area contributed by atoms with E-state index in [1.165, 1.54) is 0 Å². The summed E-state index contributed by atoms with van der Waals surface area (Å²) in [5, 5.41) is 3.41. The molecule has 8 heteroatoms. The summed E-state index contributed by atoms with van der Waals surface area (Å²) in [5.74, 6) is 2.19. The molecule has 2 atom stereocenters. The van der Waals surface area contributed by atoms with E-state index >= 15 is 0 Å². The Morgan fingerprint density at radius 2 is 0.857 bits per heavy atom. The number of hydrogen-bond acceptors (Lipinski definition) is 8. The minimum atomic E-state index is -0.646. The number of esters is 2. The van der Waals surface area contributed by atoms with Crippen LogP contribution in [0.25, 0.3) is 21.5 Å². The Bertz CT molecular complexity index is 1820. The van der Waals surface area contributed by atoms with Crippen LogP contribution in [0.2, 0.25) is 0 Å². The van der Waals surface area contributed by atoms with Gasteiger partial charge in [0.15, 0.2) is 12.2 Å². The highest BCUT2D eigenvalue weighted by Gasteiger charge is 2.23. The average molecular weight is 763 g/mol. The number of benzene rings is 5. The van der Waals surface area contributed by atoms with Crippen LogP contribution in [0, 0.1) is 13.8 Å². The van der Waals surface area contributed by atoms with Crippen molar-refractivity contribution in [1.82, 2.24) is 0 Å². The van der Waals surface area contributed by atoms with Gasteiger partial charge in [-0.3, -0.25) is 9.59 Å². The monoisotopic (exact) mass is 762 g/mol. The predicted molar refractivity (Wildman–Crippen MR) is 223 cm³/mol. The Morgan fingerprint density at radius 1 is 0.464 bits per heavy atom. The number of fused-ring (bicyclic) bond motifs is 2. The van der Waals surface area contributed by atoms with Crippen molar-refractivity contribution in [3.8, 4) is 23.0 Å². The summed E-state index contributed by atoms with van der Waals surface area (Å²) < 4.78 is 37.5. The smallest absolute Gasteiger partial charge is 0.306 e. The van der Waals surface area contributed by atoms with Gasteiger partial charge in [-0.1, -0.05) is 124 Å². The first-order valence-electron chi connectivity index (χ1n) is 20.3. The molecule has 0 fully saturated rings. The lowest BCUT2D eigenvalue weighted by atomic mass is 9.97. The zero-order chi connectivity index (χ0) is 39.5. The van der Waals surface area contributed by atoms with E-state index in [0.29, 0.717) is 35.8 Å². The molecular formula is C48H58O8. The van der Waals surface area contributed by atoms with Crippen molar-refractivity contribution in [1.29, 1.82) is 0 Å². The molecule has 0 aromatic heterocycles. The first-order valence-corrected chi connectivity index (χ1v) is 20.3. The fraction of sp³-hybridized carbons (Fsp3) is 0.417. The molecule has 56 heavy (non-hydrogen) atoms. The Labute approximate surface area is 332 Å². The van der Waals surface area contributed by atoms with Gasteiger partial charge in [-0.05, 0) is 63.1 Å². The van der Waals surface area contributed by atoms with E-state index in [-0.39, 0.29) is 38.4 Å². The van der Waals surface area contributed by atoms with E-state index in [9.17, 15) is 9.59 Å². The standard InChI is InChI=1S/C48H58O8/c1-5-7-9-17-23-45(49)55-39(31-51-37-19-13-11-14-20-37)33-53-47-41-27-25-36(4)30-44(41)48(42-28-26-35(3)29-43(42)47)54-34-40(32-52-38-21-15-12-16-22-38)56-46(50)24-18-10-8-6-2/h11-16,19-22,25-30,39-40H,5-10,17-18,23-24,31-34H2,1-4H3. The van der Waals surface area contributed by atoms with Gasteiger partial charge in [0, 0.05) is 34.4 Å². The number of rotatable bonds is 24. The van der Waals surface area contributed by atoms with E-state index in [4.69, 9.17) is 28.4 Å². The molecule has 5 rings (SSSR count). The van der Waals surface area contributed by atoms with Gasteiger partial charge in [0.25, 0.3) is 0 Å². The van der Waals surface area contributed by atoms with Crippen LogP contribution in [0.1, 0.15) is 89.2 Å². The lowest BCUT2D eigenvalue weighted by Gasteiger charge is -2.23. The molecule has 0 amide bonds. The van der Waals surface area contributed by atoms with Gasteiger partial charge >= 0.3 is 11.9 Å². The number of carbonyl (C=O) groups excluding carboxylic acids is 2. The van der Waals surface area contributed by atoms with Crippen molar-refractivity contribution < 1.29 is 38.0 Å². The zero-order valence-electron chi connectivity index (χ0n) is 33.6. The van der Waals surface area contributed by atoms with Crippen molar-refractivity contribution in [2.75, 3.05) is 26.4 Å². The Balaban J connectivity index is 1.42. The van der Waals surface area contributed by atoms with Crippen LogP contribution in [0.15, 0.2) is 97.1 Å². The number of aryl methyl sites for hydroxylation is 2. The van der Waals surface area contributed by atoms with Gasteiger partial charge in [-0.25, -0.2) is 0 Å². The molecule has 0 N–H and O–H groups in total. The van der Waals surface area contributed by atoms with Gasteiger partial charge in [-0.2, -0.15) is 0 Å². The molecule has 0 aliphatic carbocycles. The first kappa shape index (κ1) is 41.9. The van der Waals surface area contributed by atoms with Crippen molar-refractivity contribution in [2.45, 2.75) is 104 Å². The fourth-order valence-electron chi connectivity index (χ4n) is 6.57. The van der Waals surface area contributed by atoms with E-state index in [1.807, 2.05) is 98.8 Å². The van der Waals surface area contributed by atoms with Crippen molar-refractivity contribution in [2.24, 2.45) is 0 Å². The van der Waals surface area contributed by atoms with Crippen LogP contribution in [0.3, 0.4) is 0 Å². The third-order valence-corrected chi connectivity index (χ3v) is 9.58. The molecule has 0 radical (unpaired) electrons. The maximum Gasteiger partial charge on any atom is 0.306 e. The van der Waals surface area contributed by atoms with Gasteiger partial charge in [-0.15, -0.1) is 0 Å². The summed E-state index contributed by atoms with van der Waals surface area (Å²) >= 11 is 0. The number of ether oxygens (including phenoxy) is 6. The third-order valence-electron chi connectivity index (χ3n) is 9.58. The number of unbranched alkanes of at least 4 members (excludes halogenated alkanes) is 6. The molecule has 0 aliphatic rings. The molecule has 0 heterocycles. The minimum absolute atomic E-state index is 0.0901. The third kappa shape index (κ3) is 12.9. The summed E-state index contributed by atoms with van der Waals surface area (Å²) in [5.41, 5.74) is 2.10. The molecule has 0 aliphatic heterocycles. The molecule has 5 aromatic rings. The van der Waals surface area contributed by atoms with Crippen LogP contribution < -0.4 is 18.9 Å². The summed E-state index contributed by atoms with van der Waals surface area (Å²) in [7, 11) is 0. The number of carbonyl (C=O) groups is 2. The van der Waals surface area contributed by atoms with Crippen LogP contribution >= 0.6 is 0 Å². The molecule has 0 saturated carbocycles. The second-order valence-electron chi connectivity index (χ2n) is 14.5. The molecule has 0 saturated heterocycles. The topological polar surface area (TPSA) is 89.5 Å². The molecule has 0 spiro atoms. The van der Waals surface area contributed by atoms with Crippen molar-refractivity contribution in [3.05, 3.63) is 108 Å². The SMILES string of the molecule is CCCCCCC(=O)OC(COc1ccccc1)COc1c2ccc(C)cc2c(OCC(COc2ccccc2)OC(=O)CCCCCC)c2ccc(C)cc12. The number of para-hydroxylation sites is 2. The summed E-state index contributed by atoms with van der Waals surface area (Å²) in [4.78, 5) is 26.0. The molecule has 2 unspecified atom stereocenters. The van der Waals surface area contributed by atoms with Crippen LogP contribution in [0.5, 0.6) is 23.0 Å². The van der Waals surface area contributed by atoms with Crippen LogP contribution in [0.4, 0.5) is 0 Å². The second kappa shape index (κ2) is 22.3. The molecule has 8 nitrogen and oxygen atoms in total. The van der Waals surface area contributed by atoms with Crippen LogP contribution in [-0.2, 0) is 19.1 Å². The van der Waals surface area contributed by atoms with Gasteiger partial charge in [0.2, 0.25) is 0 Å². The van der Waals surface area contributed by atoms with Crippen molar-refractivity contribution >= 4 is 33.5 Å². The second-order valence-corrected chi connectivity index (χ2v) is 14.5. The average Bonchev–Trinajstić information content (AvgIpc) is 3.21. The van der Waals surface area contributed by atoms with E-state index in [0.717, 1.165) is 84.0 Å². The van der Waals surface area contributed by atoms with Gasteiger partial charge in [0.1, 0.15) is 49.4 Å². The molecule has 298 valence electrons. The lowest BCUT2D eigenvalue weighted by molar-refractivity contribution is -0.153. The Hall–Kier alpha value is -5.24. The van der Waals surface area contributed by atoms with Gasteiger partial charge < -0.3 is 28.4 Å². The molecule has 0 bridgehead atoms. The fourth-order valence-corrected chi connectivity index (χ4v) is 6.57. The maximum atomic E-state index is 13.0. The van der Waals surface area contributed by atoms with Crippen molar-refractivity contribution in [3.63, 3.8) is 0 Å². The highest BCUT2D eigenvalue weighted by molar-refractivity contribution is 6.11. The van der Waals surface area contributed by atoms with E-state index < -0.39 is 12.2 Å². The Morgan fingerprint density at radius 3 is 1.25 bits per heavy atom. The van der Waals surface area contributed by atoms with Crippen LogP contribution in [-0.4, -0.2) is 50.6 Å². The Kier molecular flexibility index (Phi) is 16.7. The first-order chi connectivity index (χ1) is 27.3. The highest BCUT2D eigenvalue weighted by Crippen LogP contribution is 2.44. The summed E-state index contributed by atoms with van der Waals surface area (Å²) in [6, 6.07) is 31.3. The molecule has 5 aromatic carbocycles. The maximum absolute atomic E-state index is 13.0. The molecular weight excluding hydrogens is 705 g/mol. The zero-order valence-corrected chi connectivity index (χ0v) is 33.6. The predicted octanol–water partition coefficient (Wildman–Crippen LogP) is 11.3. The van der Waals surface area contributed by atoms with E-state index in [1.54, 1.807) is 0 Å². The summed E-state index contributed by atoms with van der Waals surface area (Å²) in [6.07, 6.45) is 7.31. The van der Waals surface area contributed by atoms with Gasteiger partial charge in [0.05, 0.1) is 0 Å². The highest BCUT2D eigenvalue weighted by atomic mass is 16.6. The lowest BCUT2D eigenvalue weighted by Crippen LogP contribution is -2.31. The number of hydrogen-bond donors (Lipinski definition) is 0. The summed E-state index contributed by atoms with van der Waals surface area (Å²) in [6.45, 7) is 8.84. The van der Waals surface area contributed by atoms with E-state index in [2.05, 4.69) is 26.0 Å².